The van der Waals surface area contributed by atoms with Gasteiger partial charge in [-0.05, 0) is 43.8 Å². The molecule has 1 aromatic carbocycles. The van der Waals surface area contributed by atoms with Crippen LogP contribution in [0.4, 0.5) is 11.4 Å². The molecule has 2 amide bonds. The van der Waals surface area contributed by atoms with E-state index in [2.05, 4.69) is 16.0 Å². The highest BCUT2D eigenvalue weighted by Gasteiger charge is 2.57. The van der Waals surface area contributed by atoms with Gasteiger partial charge in [0, 0.05) is 12.0 Å². The lowest BCUT2D eigenvalue weighted by Gasteiger charge is -2.23. The van der Waals surface area contributed by atoms with Crippen molar-refractivity contribution in [2.45, 2.75) is 19.3 Å². The predicted octanol–water partition coefficient (Wildman–Crippen LogP) is 2.42. The van der Waals surface area contributed by atoms with E-state index in [1.807, 2.05) is 0 Å². The molecule has 1 atom stereocenters. The third-order valence-electron chi connectivity index (χ3n) is 5.07. The van der Waals surface area contributed by atoms with Gasteiger partial charge in [0.25, 0.3) is 5.91 Å². The molecular weight excluding hydrogens is 353 g/mol. The van der Waals surface area contributed by atoms with Crippen LogP contribution in [0.15, 0.2) is 12.1 Å². The van der Waals surface area contributed by atoms with E-state index in [4.69, 9.17) is 16.3 Å². The van der Waals surface area contributed by atoms with Gasteiger partial charge in [-0.2, -0.15) is 0 Å². The predicted molar refractivity (Wildman–Crippen MR) is 94.1 cm³/mol. The fraction of sp³-hybridized carbons (Fsp3) is 0.500. The van der Waals surface area contributed by atoms with Crippen molar-refractivity contribution in [1.82, 2.24) is 5.32 Å². The lowest BCUT2D eigenvalue weighted by molar-refractivity contribution is -0.119. The summed E-state index contributed by atoms with van der Waals surface area (Å²) < 4.78 is 5.37. The van der Waals surface area contributed by atoms with Crippen molar-refractivity contribution in [3.05, 3.63) is 17.2 Å². The molecule has 8 heteroatoms. The Bertz CT molecular complexity index is 689. The smallest absolute Gasteiger partial charge is 0.262 e. The number of rotatable bonds is 2. The molecule has 0 aromatic heterocycles. The Morgan fingerprint density at radius 3 is 2.83 bits per heavy atom. The normalized spacial score (nSPS) is 23.4. The first-order valence-corrected chi connectivity index (χ1v) is 8.23. The molecule has 1 unspecified atom stereocenters. The molecule has 3 N–H and O–H groups in total. The van der Waals surface area contributed by atoms with E-state index >= 15 is 0 Å². The first-order valence-electron chi connectivity index (χ1n) is 7.85. The van der Waals surface area contributed by atoms with Crippen LogP contribution in [0.25, 0.3) is 0 Å². The largest absolute Gasteiger partial charge is 0.482 e. The Balaban J connectivity index is 0.00000169. The second-order valence-corrected chi connectivity index (χ2v) is 6.93. The molecule has 3 aliphatic rings. The van der Waals surface area contributed by atoms with Crippen molar-refractivity contribution in [1.29, 1.82) is 0 Å². The van der Waals surface area contributed by atoms with Gasteiger partial charge in [0.15, 0.2) is 6.61 Å². The highest BCUT2D eigenvalue weighted by Crippen LogP contribution is 2.59. The van der Waals surface area contributed by atoms with Gasteiger partial charge >= 0.3 is 0 Å². The second-order valence-electron chi connectivity index (χ2n) is 6.52. The number of carbonyl (C=O) groups is 2. The number of anilines is 2. The Kier molecular flexibility index (Phi) is 4.64. The van der Waals surface area contributed by atoms with E-state index in [9.17, 15) is 9.59 Å². The van der Waals surface area contributed by atoms with Crippen LogP contribution in [-0.2, 0) is 9.59 Å². The van der Waals surface area contributed by atoms with Crippen LogP contribution < -0.4 is 20.7 Å². The zero-order chi connectivity index (χ0) is 16.0. The Morgan fingerprint density at radius 1 is 1.33 bits per heavy atom. The van der Waals surface area contributed by atoms with Crippen LogP contribution in [0.5, 0.6) is 5.75 Å². The zero-order valence-corrected chi connectivity index (χ0v) is 14.6. The van der Waals surface area contributed by atoms with Crippen molar-refractivity contribution in [3.63, 3.8) is 0 Å². The minimum absolute atomic E-state index is 0. The van der Waals surface area contributed by atoms with Gasteiger partial charge in [-0.15, -0.1) is 12.4 Å². The van der Waals surface area contributed by atoms with Crippen molar-refractivity contribution in [2.75, 3.05) is 30.3 Å². The fourth-order valence-corrected chi connectivity index (χ4v) is 3.82. The molecule has 24 heavy (non-hydrogen) atoms. The summed E-state index contributed by atoms with van der Waals surface area (Å²) in [5, 5.41) is 9.34. The highest BCUT2D eigenvalue weighted by atomic mass is 35.5. The minimum atomic E-state index is -0.212. The van der Waals surface area contributed by atoms with Gasteiger partial charge in [0.2, 0.25) is 5.91 Å². The van der Waals surface area contributed by atoms with Crippen LogP contribution in [0.1, 0.15) is 19.3 Å². The lowest BCUT2D eigenvalue weighted by atomic mass is 9.92. The SMILES string of the molecule is Cl.O=C1COc2cc(NC(=O)C3CC34CCNCC4)c(Cl)cc2N1. The molecule has 4 rings (SSSR count). The summed E-state index contributed by atoms with van der Waals surface area (Å²) in [7, 11) is 0. The van der Waals surface area contributed by atoms with Gasteiger partial charge in [-0.25, -0.2) is 0 Å². The third kappa shape index (κ3) is 3.06. The number of carbonyl (C=O) groups excluding carboxylic acids is 2. The average Bonchev–Trinajstić information content (AvgIpc) is 3.22. The summed E-state index contributed by atoms with van der Waals surface area (Å²) in [6.07, 6.45) is 3.06. The van der Waals surface area contributed by atoms with Gasteiger partial charge in [-0.3, -0.25) is 9.59 Å². The number of hydrogen-bond acceptors (Lipinski definition) is 4. The first-order chi connectivity index (χ1) is 11.1. The topological polar surface area (TPSA) is 79.5 Å². The summed E-state index contributed by atoms with van der Waals surface area (Å²) in [5.41, 5.74) is 1.24. The number of piperidine rings is 1. The highest BCUT2D eigenvalue weighted by molar-refractivity contribution is 6.34. The van der Waals surface area contributed by atoms with E-state index in [0.717, 1.165) is 32.4 Å². The number of fused-ring (bicyclic) bond motifs is 1. The Hall–Kier alpha value is -1.50. The molecule has 2 heterocycles. The molecular formula is C16H19Cl2N3O3. The third-order valence-corrected chi connectivity index (χ3v) is 5.38. The molecule has 130 valence electrons. The van der Waals surface area contributed by atoms with Gasteiger partial charge in [0.05, 0.1) is 16.4 Å². The monoisotopic (exact) mass is 371 g/mol. The van der Waals surface area contributed by atoms with Crippen LogP contribution in [0.3, 0.4) is 0 Å². The summed E-state index contributed by atoms with van der Waals surface area (Å²) in [6.45, 7) is 1.94. The number of nitrogens with one attached hydrogen (secondary N) is 3. The standard InChI is InChI=1S/C16H18ClN3O3.ClH/c17-10-5-12-13(23-8-14(21)19-12)6-11(10)20-15(22)9-7-16(9)1-3-18-4-2-16;/h5-6,9,18H,1-4,7-8H2,(H,19,21)(H,20,22);1H. The van der Waals surface area contributed by atoms with Crippen LogP contribution in [0, 0.1) is 11.3 Å². The van der Waals surface area contributed by atoms with Crippen LogP contribution in [-0.4, -0.2) is 31.5 Å². The maximum absolute atomic E-state index is 12.5. The van der Waals surface area contributed by atoms with Gasteiger partial charge in [-0.1, -0.05) is 11.6 Å². The van der Waals surface area contributed by atoms with Crippen LogP contribution >= 0.6 is 24.0 Å². The molecule has 0 bridgehead atoms. The summed E-state index contributed by atoms with van der Waals surface area (Å²) in [5.74, 6) is 0.402. The summed E-state index contributed by atoms with van der Waals surface area (Å²) >= 11 is 6.22. The second kappa shape index (κ2) is 6.43. The summed E-state index contributed by atoms with van der Waals surface area (Å²) in [6, 6.07) is 3.28. The zero-order valence-electron chi connectivity index (χ0n) is 13.0. The van der Waals surface area contributed by atoms with E-state index in [0.29, 0.717) is 22.1 Å². The number of hydrogen-bond donors (Lipinski definition) is 3. The molecule has 6 nitrogen and oxygen atoms in total. The molecule has 1 saturated heterocycles. The quantitative estimate of drug-likeness (QED) is 0.745. The number of ether oxygens (including phenoxy) is 1. The van der Waals surface area contributed by atoms with Gasteiger partial charge < -0.3 is 20.7 Å². The maximum Gasteiger partial charge on any atom is 0.262 e. The Labute approximate surface area is 151 Å². The van der Waals surface area contributed by atoms with E-state index < -0.39 is 0 Å². The maximum atomic E-state index is 12.5. The lowest BCUT2D eigenvalue weighted by Crippen LogP contribution is -2.31. The van der Waals surface area contributed by atoms with E-state index in [-0.39, 0.29) is 42.2 Å². The van der Waals surface area contributed by atoms with E-state index in [1.165, 1.54) is 0 Å². The Morgan fingerprint density at radius 2 is 2.08 bits per heavy atom. The fourth-order valence-electron chi connectivity index (χ4n) is 3.61. The first kappa shape index (κ1) is 17.3. The molecule has 1 aliphatic carbocycles. The van der Waals surface area contributed by atoms with Crippen molar-refractivity contribution >= 4 is 47.2 Å². The molecule has 2 aliphatic heterocycles. The van der Waals surface area contributed by atoms with Crippen molar-refractivity contribution in [3.8, 4) is 5.75 Å². The number of halogens is 2. The van der Waals surface area contributed by atoms with Crippen LogP contribution in [0.2, 0.25) is 5.02 Å². The molecule has 1 saturated carbocycles. The number of amides is 2. The van der Waals surface area contributed by atoms with Crippen molar-refractivity contribution in [2.24, 2.45) is 11.3 Å². The number of benzene rings is 1. The molecule has 1 aromatic rings. The minimum Gasteiger partial charge on any atom is -0.482 e. The van der Waals surface area contributed by atoms with Gasteiger partial charge in [0.1, 0.15) is 5.75 Å². The molecule has 2 fully saturated rings. The van der Waals surface area contributed by atoms with Crippen molar-refractivity contribution < 1.29 is 14.3 Å². The summed E-state index contributed by atoms with van der Waals surface area (Å²) in [4.78, 5) is 23.8. The molecule has 1 spiro atoms. The molecule has 0 radical (unpaired) electrons. The van der Waals surface area contributed by atoms with E-state index in [1.54, 1.807) is 12.1 Å². The average molecular weight is 372 g/mol.